The predicted molar refractivity (Wildman–Crippen MR) is 37.7 cm³/mol. The standard InChI is InChI=1S/C7H6N2O/c10-7-5-1-3-8-6(5)2-4-9-7/h1-3H,4H2,(H,9,10). The summed E-state index contributed by atoms with van der Waals surface area (Å²) in [6, 6.07) is 0. The van der Waals surface area contributed by atoms with Gasteiger partial charge in [0.2, 0.25) is 0 Å². The van der Waals surface area contributed by atoms with Gasteiger partial charge in [0.05, 0.1) is 11.3 Å². The summed E-state index contributed by atoms with van der Waals surface area (Å²) in [4.78, 5) is 15.0. The van der Waals surface area contributed by atoms with E-state index in [-0.39, 0.29) is 5.91 Å². The molecule has 0 aromatic carbocycles. The first-order chi connectivity index (χ1) is 4.88. The molecule has 0 fully saturated rings. The van der Waals surface area contributed by atoms with Gasteiger partial charge in [-0.05, 0) is 12.2 Å². The van der Waals surface area contributed by atoms with Crippen LogP contribution < -0.4 is 5.32 Å². The molecule has 0 bridgehead atoms. The summed E-state index contributed by atoms with van der Waals surface area (Å²) in [5, 5.41) is 2.69. The summed E-state index contributed by atoms with van der Waals surface area (Å²) in [6.07, 6.45) is 5.27. The predicted octanol–water partition coefficient (Wildman–Crippen LogP) is 0.0109. The highest BCUT2D eigenvalue weighted by atomic mass is 16.1. The molecule has 50 valence electrons. The molecule has 2 aliphatic heterocycles. The summed E-state index contributed by atoms with van der Waals surface area (Å²) in [7, 11) is 0. The molecule has 0 radical (unpaired) electrons. The Morgan fingerprint density at radius 1 is 1.60 bits per heavy atom. The third-order valence-corrected chi connectivity index (χ3v) is 1.53. The molecular formula is C7H6N2O. The van der Waals surface area contributed by atoms with Gasteiger partial charge in [-0.25, -0.2) is 0 Å². The Balaban J connectivity index is 2.46. The van der Waals surface area contributed by atoms with Gasteiger partial charge in [0, 0.05) is 12.8 Å². The third kappa shape index (κ3) is 0.603. The van der Waals surface area contributed by atoms with E-state index >= 15 is 0 Å². The van der Waals surface area contributed by atoms with Crippen molar-refractivity contribution in [3.63, 3.8) is 0 Å². The average molecular weight is 134 g/mol. The minimum atomic E-state index is -0.0185. The van der Waals surface area contributed by atoms with E-state index in [1.54, 1.807) is 12.3 Å². The van der Waals surface area contributed by atoms with Crippen LogP contribution in [0.2, 0.25) is 0 Å². The number of allylic oxidation sites excluding steroid dienone is 1. The quantitative estimate of drug-likeness (QED) is 0.498. The van der Waals surface area contributed by atoms with Crippen LogP contribution in [0.4, 0.5) is 0 Å². The summed E-state index contributed by atoms with van der Waals surface area (Å²) >= 11 is 0. The van der Waals surface area contributed by atoms with E-state index in [9.17, 15) is 4.79 Å². The molecule has 2 rings (SSSR count). The Morgan fingerprint density at radius 3 is 3.30 bits per heavy atom. The van der Waals surface area contributed by atoms with Crippen molar-refractivity contribution >= 4 is 12.1 Å². The van der Waals surface area contributed by atoms with Crippen LogP contribution >= 0.6 is 0 Å². The maximum absolute atomic E-state index is 11.0. The van der Waals surface area contributed by atoms with E-state index in [4.69, 9.17) is 0 Å². The number of carbonyl (C=O) groups is 1. The molecule has 3 nitrogen and oxygen atoms in total. The number of carbonyl (C=O) groups excluding carboxylic acids is 1. The number of hydrogen-bond donors (Lipinski definition) is 1. The fourth-order valence-corrected chi connectivity index (χ4v) is 1.04. The number of hydrogen-bond acceptors (Lipinski definition) is 2. The normalized spacial score (nSPS) is 21.4. The van der Waals surface area contributed by atoms with Gasteiger partial charge in [-0.3, -0.25) is 9.79 Å². The Hall–Kier alpha value is -1.38. The Bertz CT molecular complexity index is 273. The Morgan fingerprint density at radius 2 is 2.50 bits per heavy atom. The molecule has 0 unspecified atom stereocenters. The summed E-state index contributed by atoms with van der Waals surface area (Å²) < 4.78 is 0. The van der Waals surface area contributed by atoms with E-state index in [0.29, 0.717) is 12.1 Å². The maximum Gasteiger partial charge on any atom is 0.253 e. The zero-order chi connectivity index (χ0) is 6.97. The average Bonchev–Trinajstić information content (AvgIpc) is 2.36. The van der Waals surface area contributed by atoms with E-state index in [1.165, 1.54) is 0 Å². The molecule has 10 heavy (non-hydrogen) atoms. The molecule has 3 heteroatoms. The maximum atomic E-state index is 11.0. The lowest BCUT2D eigenvalue weighted by molar-refractivity contribution is -0.117. The smallest absolute Gasteiger partial charge is 0.253 e. The molecule has 0 atom stereocenters. The van der Waals surface area contributed by atoms with Crippen molar-refractivity contribution in [2.75, 3.05) is 6.54 Å². The zero-order valence-corrected chi connectivity index (χ0v) is 5.29. The highest BCUT2D eigenvalue weighted by Gasteiger charge is 2.18. The van der Waals surface area contributed by atoms with Gasteiger partial charge in [0.15, 0.2) is 0 Å². The van der Waals surface area contributed by atoms with Crippen LogP contribution in [0.3, 0.4) is 0 Å². The lowest BCUT2D eigenvalue weighted by Crippen LogP contribution is -2.28. The van der Waals surface area contributed by atoms with Gasteiger partial charge in [-0.15, -0.1) is 0 Å². The topological polar surface area (TPSA) is 41.5 Å². The molecule has 0 saturated heterocycles. The van der Waals surface area contributed by atoms with Gasteiger partial charge < -0.3 is 5.32 Å². The highest BCUT2D eigenvalue weighted by molar-refractivity contribution is 6.05. The molecule has 1 N–H and O–H groups in total. The first-order valence-electron chi connectivity index (χ1n) is 3.11. The molecule has 0 aromatic heterocycles. The van der Waals surface area contributed by atoms with Crippen LogP contribution in [0.25, 0.3) is 0 Å². The second-order valence-electron chi connectivity index (χ2n) is 2.16. The monoisotopic (exact) mass is 134 g/mol. The third-order valence-electron chi connectivity index (χ3n) is 1.53. The summed E-state index contributed by atoms with van der Waals surface area (Å²) in [6.45, 7) is 0.600. The van der Waals surface area contributed by atoms with E-state index in [1.807, 2.05) is 6.08 Å². The van der Waals surface area contributed by atoms with Gasteiger partial charge in [-0.2, -0.15) is 0 Å². The van der Waals surface area contributed by atoms with Crippen molar-refractivity contribution in [3.8, 4) is 0 Å². The number of nitrogens with zero attached hydrogens (tertiary/aromatic N) is 1. The number of amides is 1. The molecule has 0 aliphatic carbocycles. The molecule has 2 heterocycles. The second kappa shape index (κ2) is 1.80. The SMILES string of the molecule is O=C1NCC=C2N=CC=C12. The number of rotatable bonds is 0. The van der Waals surface area contributed by atoms with Crippen LogP contribution in [-0.4, -0.2) is 18.7 Å². The van der Waals surface area contributed by atoms with Crippen molar-refractivity contribution in [2.45, 2.75) is 0 Å². The highest BCUT2D eigenvalue weighted by Crippen LogP contribution is 2.17. The van der Waals surface area contributed by atoms with Crippen LogP contribution in [0.15, 0.2) is 28.4 Å². The first kappa shape index (κ1) is 5.41. The lowest BCUT2D eigenvalue weighted by atomic mass is 10.1. The molecule has 0 spiro atoms. The first-order valence-corrected chi connectivity index (χ1v) is 3.11. The second-order valence-corrected chi connectivity index (χ2v) is 2.16. The number of nitrogens with one attached hydrogen (secondary N) is 1. The van der Waals surface area contributed by atoms with Crippen molar-refractivity contribution in [1.82, 2.24) is 5.32 Å². The summed E-state index contributed by atoms with van der Waals surface area (Å²) in [5.41, 5.74) is 1.50. The van der Waals surface area contributed by atoms with Crippen molar-refractivity contribution in [3.05, 3.63) is 23.4 Å². The van der Waals surface area contributed by atoms with E-state index in [2.05, 4.69) is 10.3 Å². The fourth-order valence-electron chi connectivity index (χ4n) is 1.04. The number of fused-ring (bicyclic) bond motifs is 1. The minimum Gasteiger partial charge on any atom is -0.348 e. The van der Waals surface area contributed by atoms with Crippen molar-refractivity contribution < 1.29 is 4.79 Å². The van der Waals surface area contributed by atoms with E-state index in [0.717, 1.165) is 5.70 Å². The number of aliphatic imine (C=N–C) groups is 1. The van der Waals surface area contributed by atoms with Crippen LogP contribution in [0.5, 0.6) is 0 Å². The molecular weight excluding hydrogens is 128 g/mol. The van der Waals surface area contributed by atoms with Crippen molar-refractivity contribution in [2.24, 2.45) is 4.99 Å². The molecule has 0 aromatic rings. The Labute approximate surface area is 58.1 Å². The molecule has 2 aliphatic rings. The largest absolute Gasteiger partial charge is 0.348 e. The minimum absolute atomic E-state index is 0.0185. The zero-order valence-electron chi connectivity index (χ0n) is 5.29. The van der Waals surface area contributed by atoms with Gasteiger partial charge in [0.25, 0.3) is 5.91 Å². The van der Waals surface area contributed by atoms with Gasteiger partial charge in [0.1, 0.15) is 0 Å². The fraction of sp³-hybridized carbons (Fsp3) is 0.143. The van der Waals surface area contributed by atoms with Gasteiger partial charge >= 0.3 is 0 Å². The lowest BCUT2D eigenvalue weighted by Gasteiger charge is -2.09. The molecule has 1 amide bonds. The van der Waals surface area contributed by atoms with Crippen molar-refractivity contribution in [1.29, 1.82) is 0 Å². The van der Waals surface area contributed by atoms with E-state index < -0.39 is 0 Å². The Kier molecular flexibility index (Phi) is 0.974. The van der Waals surface area contributed by atoms with Gasteiger partial charge in [-0.1, -0.05) is 0 Å². The van der Waals surface area contributed by atoms with Crippen LogP contribution in [0, 0.1) is 0 Å². The van der Waals surface area contributed by atoms with Crippen LogP contribution in [-0.2, 0) is 4.79 Å². The molecule has 0 saturated carbocycles. The van der Waals surface area contributed by atoms with Crippen LogP contribution in [0.1, 0.15) is 0 Å². The summed E-state index contributed by atoms with van der Waals surface area (Å²) in [5.74, 6) is -0.0185.